The van der Waals surface area contributed by atoms with E-state index in [4.69, 9.17) is 0 Å². The van der Waals surface area contributed by atoms with Crippen LogP contribution in [0.15, 0.2) is 10.1 Å². The van der Waals surface area contributed by atoms with Crippen LogP contribution in [0.1, 0.15) is 6.92 Å². The fourth-order valence-corrected chi connectivity index (χ4v) is 0.628. The van der Waals surface area contributed by atoms with Crippen molar-refractivity contribution in [2.24, 2.45) is 10.1 Å². The maximum absolute atomic E-state index is 3.81. The summed E-state index contributed by atoms with van der Waals surface area (Å²) in [6.45, 7) is 1.79. The summed E-state index contributed by atoms with van der Waals surface area (Å²) in [7, 11) is 0. The van der Waals surface area contributed by atoms with Gasteiger partial charge in [0, 0.05) is 0 Å². The second-order valence-electron chi connectivity index (χ2n) is 1.13. The van der Waals surface area contributed by atoms with Crippen LogP contribution in [0, 0.1) is 0 Å². The van der Waals surface area contributed by atoms with Crippen LogP contribution in [0.4, 0.5) is 0 Å². The van der Waals surface area contributed by atoms with Gasteiger partial charge < -0.3 is 0 Å². The van der Waals surface area contributed by atoms with Crippen molar-refractivity contribution in [3.8, 4) is 0 Å². The zero-order chi connectivity index (χ0) is 5.28. The van der Waals surface area contributed by atoms with Crippen molar-refractivity contribution in [3.63, 3.8) is 0 Å². The monoisotopic (exact) mass is 160 g/mol. The highest BCUT2D eigenvalue weighted by molar-refractivity contribution is 9.18. The first-order valence-electron chi connectivity index (χ1n) is 1.78. The van der Waals surface area contributed by atoms with Gasteiger partial charge in [-0.25, -0.2) is 4.99 Å². The molecule has 0 saturated carbocycles. The molecular weight excluding hydrogens is 158 g/mol. The van der Waals surface area contributed by atoms with Gasteiger partial charge in [0.25, 0.3) is 0 Å². The van der Waals surface area contributed by atoms with Crippen molar-refractivity contribution in [2.45, 2.75) is 6.92 Å². The Hall–Kier alpha value is -0.380. The molecule has 0 aromatic carbocycles. The van der Waals surface area contributed by atoms with E-state index >= 15 is 0 Å². The summed E-state index contributed by atoms with van der Waals surface area (Å²) in [6, 6.07) is 0. The second-order valence-corrected chi connectivity index (χ2v) is 1.84. The largest absolute Gasteiger partial charge is 0.219 e. The third-order valence-electron chi connectivity index (χ3n) is 0.531. The lowest BCUT2D eigenvalue weighted by Gasteiger charge is -1.75. The Balaban J connectivity index is 2.69. The van der Waals surface area contributed by atoms with Crippen molar-refractivity contribution in [1.29, 1.82) is 0 Å². The summed E-state index contributed by atoms with van der Waals surface area (Å²) in [4.78, 5) is 3.81. The van der Waals surface area contributed by atoms with Gasteiger partial charge in [-0.1, -0.05) is 0 Å². The Bertz CT molecular complexity index is 137. The summed E-state index contributed by atoms with van der Waals surface area (Å²) in [5.41, 5.74) is 3.61. The molecule has 0 atom stereocenters. The number of amidine groups is 2. The van der Waals surface area contributed by atoms with Gasteiger partial charge in [0.15, 0.2) is 5.84 Å². The zero-order valence-electron chi connectivity index (χ0n) is 3.72. The quantitative estimate of drug-likeness (QED) is 0.469. The van der Waals surface area contributed by atoms with Crippen LogP contribution in [0.5, 0.6) is 0 Å². The van der Waals surface area contributed by atoms with Crippen molar-refractivity contribution in [1.82, 2.24) is 5.43 Å². The van der Waals surface area contributed by atoms with E-state index in [1.807, 2.05) is 0 Å². The van der Waals surface area contributed by atoms with Gasteiger partial charge >= 0.3 is 0 Å². The van der Waals surface area contributed by atoms with Gasteiger partial charge in [0.2, 0.25) is 4.74 Å². The topological polar surface area (TPSA) is 38.8 Å². The van der Waals surface area contributed by atoms with E-state index in [0.717, 1.165) is 0 Å². The number of aliphatic imine (C=N–C) groups is 1. The highest BCUT2D eigenvalue weighted by Gasteiger charge is 2.00. The fraction of sp³-hybridized carbons (Fsp3) is 0.333. The lowest BCUT2D eigenvalue weighted by atomic mass is 10.7. The summed E-state index contributed by atoms with van der Waals surface area (Å²) in [5, 5.41) is 3.57. The molecule has 1 aliphatic rings. The van der Waals surface area contributed by atoms with Gasteiger partial charge in [0.1, 0.15) is 0 Å². The molecule has 1 rings (SSSR count). The van der Waals surface area contributed by atoms with E-state index in [2.05, 4.69) is 31.4 Å². The van der Waals surface area contributed by atoms with Crippen LogP contribution in [-0.2, 0) is 0 Å². The normalized spacial score (nSPS) is 18.0. The molecule has 0 aromatic rings. The van der Waals surface area contributed by atoms with E-state index in [-0.39, 0.29) is 0 Å². The number of hydrogen-bond acceptors (Lipinski definition) is 2. The van der Waals surface area contributed by atoms with E-state index in [1.54, 1.807) is 6.92 Å². The molecule has 0 bridgehead atoms. The molecule has 1 radical (unpaired) electrons. The maximum Gasteiger partial charge on any atom is 0.219 e. The molecule has 0 spiro atoms. The Morgan fingerprint density at radius 3 is 2.43 bits per heavy atom. The molecular formula is C3H3BrN3. The van der Waals surface area contributed by atoms with Crippen LogP contribution in [0.3, 0.4) is 0 Å². The van der Waals surface area contributed by atoms with Crippen molar-refractivity contribution >= 4 is 26.5 Å². The van der Waals surface area contributed by atoms with Gasteiger partial charge in [-0.2, -0.15) is 0 Å². The molecule has 4 heteroatoms. The molecule has 0 aromatic heterocycles. The van der Waals surface area contributed by atoms with Crippen LogP contribution in [-0.4, -0.2) is 10.6 Å². The molecule has 3 nitrogen and oxygen atoms in total. The lowest BCUT2D eigenvalue weighted by molar-refractivity contribution is 1.03. The van der Waals surface area contributed by atoms with Crippen LogP contribution in [0.2, 0.25) is 0 Å². The van der Waals surface area contributed by atoms with E-state index in [1.165, 1.54) is 0 Å². The summed E-state index contributed by atoms with van der Waals surface area (Å²) >= 11 is 3.05. The van der Waals surface area contributed by atoms with Gasteiger partial charge in [-0.3, -0.25) is 0 Å². The molecule has 37 valence electrons. The summed E-state index contributed by atoms with van der Waals surface area (Å²) in [5.74, 6) is 0.701. The lowest BCUT2D eigenvalue weighted by Crippen LogP contribution is -1.96. The first-order valence-corrected chi connectivity index (χ1v) is 2.58. The summed E-state index contributed by atoms with van der Waals surface area (Å²) in [6.07, 6.45) is 0. The SMILES string of the molecule is CC1=NC(Br)=N[N]1. The second kappa shape index (κ2) is 1.61. The first-order chi connectivity index (χ1) is 3.29. The molecule has 0 saturated heterocycles. The number of hydrogen-bond donors (Lipinski definition) is 0. The summed E-state index contributed by atoms with van der Waals surface area (Å²) < 4.78 is 0.560. The van der Waals surface area contributed by atoms with Crippen molar-refractivity contribution in [3.05, 3.63) is 0 Å². The third-order valence-corrected chi connectivity index (χ3v) is 0.867. The van der Waals surface area contributed by atoms with E-state index in [0.29, 0.717) is 10.6 Å². The minimum atomic E-state index is 0.560. The highest BCUT2D eigenvalue weighted by Crippen LogP contribution is 1.97. The highest BCUT2D eigenvalue weighted by atomic mass is 79.9. The number of halogens is 1. The predicted molar refractivity (Wildman–Crippen MR) is 31.6 cm³/mol. The van der Waals surface area contributed by atoms with Gasteiger partial charge in [-0.15, -0.1) is 10.5 Å². The minimum Gasteiger partial charge on any atom is -0.204 e. The zero-order valence-corrected chi connectivity index (χ0v) is 5.31. The molecule has 0 amide bonds. The Labute approximate surface area is 49.6 Å². The van der Waals surface area contributed by atoms with E-state index in [9.17, 15) is 0 Å². The average molecular weight is 161 g/mol. The van der Waals surface area contributed by atoms with Gasteiger partial charge in [-0.05, 0) is 22.9 Å². The minimum absolute atomic E-state index is 0.560. The number of rotatable bonds is 0. The van der Waals surface area contributed by atoms with Crippen molar-refractivity contribution in [2.75, 3.05) is 0 Å². The Morgan fingerprint density at radius 1 is 1.57 bits per heavy atom. The Kier molecular flexibility index (Phi) is 1.10. The third kappa shape index (κ3) is 0.991. The molecule has 0 unspecified atom stereocenters. The molecule has 1 aliphatic heterocycles. The molecule has 7 heavy (non-hydrogen) atoms. The van der Waals surface area contributed by atoms with Crippen LogP contribution < -0.4 is 5.43 Å². The molecule has 0 aliphatic carbocycles. The standard InChI is InChI=1S/C3H3BrN3/c1-2-5-3(4)7-6-2/h1H3. The molecule has 0 fully saturated rings. The first kappa shape index (κ1) is 4.77. The van der Waals surface area contributed by atoms with Crippen LogP contribution >= 0.6 is 15.9 Å². The number of nitrogens with zero attached hydrogens (tertiary/aromatic N) is 3. The van der Waals surface area contributed by atoms with Crippen molar-refractivity contribution < 1.29 is 0 Å². The molecule has 0 N–H and O–H groups in total. The molecule has 1 heterocycles. The smallest absolute Gasteiger partial charge is 0.204 e. The van der Waals surface area contributed by atoms with E-state index < -0.39 is 0 Å². The maximum atomic E-state index is 3.81. The average Bonchev–Trinajstić information content (AvgIpc) is 1.87. The Morgan fingerprint density at radius 2 is 2.29 bits per heavy atom. The van der Waals surface area contributed by atoms with Crippen LogP contribution in [0.25, 0.3) is 0 Å². The van der Waals surface area contributed by atoms with Gasteiger partial charge in [0.05, 0.1) is 0 Å². The predicted octanol–water partition coefficient (Wildman–Crippen LogP) is 0.689. The fourth-order valence-electron chi connectivity index (χ4n) is 0.292.